The van der Waals surface area contributed by atoms with Gasteiger partial charge in [0, 0.05) is 31.7 Å². The number of nitrogens with zero attached hydrogens (tertiary/aromatic N) is 3. The highest BCUT2D eigenvalue weighted by Crippen LogP contribution is 2.28. The highest BCUT2D eigenvalue weighted by atomic mass is 32.2. The zero-order valence-electron chi connectivity index (χ0n) is 10.6. The first-order valence-corrected chi connectivity index (χ1v) is 7.08. The monoisotopic (exact) mass is 295 g/mol. The van der Waals surface area contributed by atoms with E-state index in [0.717, 1.165) is 16.4 Å². The molecule has 0 radical (unpaired) electrons. The van der Waals surface area contributed by atoms with Crippen LogP contribution in [0.5, 0.6) is 11.5 Å². The topological polar surface area (TPSA) is 104 Å². The van der Waals surface area contributed by atoms with Crippen molar-refractivity contribution in [3.8, 4) is 11.5 Å². The normalized spacial score (nSPS) is 11.7. The molecule has 2 N–H and O–H groups in total. The number of phenolic OH excluding ortho intramolecular Hbond substituents is 2. The lowest BCUT2D eigenvalue weighted by atomic mass is 10.3. The van der Waals surface area contributed by atoms with Crippen LogP contribution in [0.2, 0.25) is 0 Å². The van der Waals surface area contributed by atoms with Gasteiger partial charge in [-0.15, -0.1) is 0 Å². The fourth-order valence-corrected chi connectivity index (χ4v) is 2.82. The van der Waals surface area contributed by atoms with Crippen molar-refractivity contribution < 1.29 is 18.6 Å². The minimum absolute atomic E-state index is 0.0243. The first-order valence-electron chi connectivity index (χ1n) is 5.64. The first-order chi connectivity index (χ1) is 9.41. The van der Waals surface area contributed by atoms with E-state index in [4.69, 9.17) is 0 Å². The second-order valence-electron chi connectivity index (χ2n) is 4.11. The Morgan fingerprint density at radius 2 is 2.00 bits per heavy atom. The summed E-state index contributed by atoms with van der Waals surface area (Å²) in [4.78, 5) is 7.57. The van der Waals surface area contributed by atoms with Crippen LogP contribution >= 0.6 is 0 Å². The molecule has 2 rings (SSSR count). The van der Waals surface area contributed by atoms with E-state index in [0.29, 0.717) is 5.69 Å². The van der Waals surface area contributed by atoms with Crippen molar-refractivity contribution in [1.82, 2.24) is 14.3 Å². The molecule has 8 heteroatoms. The maximum absolute atomic E-state index is 12.3. The fourth-order valence-electron chi connectivity index (χ4n) is 1.62. The molecule has 0 saturated carbocycles. The quantitative estimate of drug-likeness (QED) is 0.861. The third-order valence-corrected chi connectivity index (χ3v) is 4.48. The lowest BCUT2D eigenvalue weighted by Gasteiger charge is -2.17. The van der Waals surface area contributed by atoms with E-state index in [2.05, 4.69) is 9.97 Å². The van der Waals surface area contributed by atoms with Crippen LogP contribution in [0.25, 0.3) is 0 Å². The second kappa shape index (κ2) is 5.43. The number of rotatable bonds is 4. The van der Waals surface area contributed by atoms with Gasteiger partial charge in [-0.3, -0.25) is 9.97 Å². The Morgan fingerprint density at radius 3 is 2.60 bits per heavy atom. The fraction of sp³-hybridized carbons (Fsp3) is 0.167. The standard InChI is InChI=1S/C12H13N3O4S/c1-15(8-9-7-13-4-5-14-9)20(18,19)12-3-2-10(16)6-11(12)17/h2-7,16-17H,8H2,1H3. The van der Waals surface area contributed by atoms with Crippen molar-refractivity contribution in [2.75, 3.05) is 7.05 Å². The van der Waals surface area contributed by atoms with Crippen molar-refractivity contribution >= 4 is 10.0 Å². The van der Waals surface area contributed by atoms with Gasteiger partial charge in [-0.25, -0.2) is 8.42 Å². The van der Waals surface area contributed by atoms with Gasteiger partial charge < -0.3 is 10.2 Å². The van der Waals surface area contributed by atoms with Crippen LogP contribution in [-0.4, -0.2) is 40.0 Å². The number of hydrogen-bond acceptors (Lipinski definition) is 6. The molecule has 106 valence electrons. The van der Waals surface area contributed by atoms with Crippen LogP contribution in [-0.2, 0) is 16.6 Å². The van der Waals surface area contributed by atoms with Crippen LogP contribution in [0.1, 0.15) is 5.69 Å². The smallest absolute Gasteiger partial charge is 0.246 e. The molecule has 0 spiro atoms. The summed E-state index contributed by atoms with van der Waals surface area (Å²) in [5.74, 6) is -0.714. The molecule has 0 fully saturated rings. The van der Waals surface area contributed by atoms with Gasteiger partial charge in [0.2, 0.25) is 10.0 Å². The molecule has 1 aromatic carbocycles. The zero-order chi connectivity index (χ0) is 14.8. The van der Waals surface area contributed by atoms with Crippen LogP contribution in [0, 0.1) is 0 Å². The molecule has 0 aliphatic heterocycles. The molecule has 0 amide bonds. The molecular weight excluding hydrogens is 282 g/mol. The Morgan fingerprint density at radius 1 is 1.25 bits per heavy atom. The predicted molar refractivity (Wildman–Crippen MR) is 70.5 cm³/mol. The van der Waals surface area contributed by atoms with E-state index < -0.39 is 15.8 Å². The van der Waals surface area contributed by atoms with Gasteiger partial charge in [-0.2, -0.15) is 4.31 Å². The van der Waals surface area contributed by atoms with Crippen molar-refractivity contribution in [1.29, 1.82) is 0 Å². The van der Waals surface area contributed by atoms with Gasteiger partial charge in [0.05, 0.1) is 12.2 Å². The van der Waals surface area contributed by atoms with Gasteiger partial charge in [-0.1, -0.05) is 0 Å². The molecule has 1 aromatic heterocycles. The number of sulfonamides is 1. The molecule has 7 nitrogen and oxygen atoms in total. The molecular formula is C12H13N3O4S. The second-order valence-corrected chi connectivity index (χ2v) is 6.12. The third-order valence-electron chi connectivity index (χ3n) is 2.63. The number of aromatic hydroxyl groups is 2. The van der Waals surface area contributed by atoms with E-state index in [9.17, 15) is 18.6 Å². The lowest BCUT2D eigenvalue weighted by molar-refractivity contribution is 0.428. The Balaban J connectivity index is 2.30. The molecule has 0 unspecified atom stereocenters. The summed E-state index contributed by atoms with van der Waals surface area (Å²) in [6.45, 7) is 0.0243. The van der Waals surface area contributed by atoms with Crippen molar-refractivity contribution in [2.45, 2.75) is 11.4 Å². The van der Waals surface area contributed by atoms with Crippen molar-refractivity contribution in [3.63, 3.8) is 0 Å². The molecule has 0 aliphatic rings. The third kappa shape index (κ3) is 2.86. The van der Waals surface area contributed by atoms with Gasteiger partial charge >= 0.3 is 0 Å². The van der Waals surface area contributed by atoms with E-state index in [1.54, 1.807) is 0 Å². The maximum atomic E-state index is 12.3. The highest BCUT2D eigenvalue weighted by molar-refractivity contribution is 7.89. The largest absolute Gasteiger partial charge is 0.508 e. The molecule has 0 atom stereocenters. The Bertz CT molecular complexity index is 704. The molecule has 0 saturated heterocycles. The Labute approximate surface area is 116 Å². The zero-order valence-corrected chi connectivity index (χ0v) is 11.4. The summed E-state index contributed by atoms with van der Waals surface area (Å²) in [6, 6.07) is 3.32. The van der Waals surface area contributed by atoms with Crippen molar-refractivity contribution in [3.05, 3.63) is 42.5 Å². The number of aromatic nitrogens is 2. The summed E-state index contributed by atoms with van der Waals surface area (Å²) < 4.78 is 25.7. The molecule has 0 aliphatic carbocycles. The summed E-state index contributed by atoms with van der Waals surface area (Å²) in [5.41, 5.74) is 0.483. The predicted octanol–water partition coefficient (Wildman–Crippen LogP) is 0.709. The maximum Gasteiger partial charge on any atom is 0.246 e. The van der Waals surface area contributed by atoms with E-state index >= 15 is 0 Å². The first kappa shape index (κ1) is 14.2. The minimum Gasteiger partial charge on any atom is -0.508 e. The van der Waals surface area contributed by atoms with E-state index in [-0.39, 0.29) is 17.2 Å². The van der Waals surface area contributed by atoms with E-state index in [1.807, 2.05) is 0 Å². The van der Waals surface area contributed by atoms with Gasteiger partial charge in [0.15, 0.2) is 0 Å². The average Bonchev–Trinajstić information content (AvgIpc) is 2.39. The van der Waals surface area contributed by atoms with Crippen LogP contribution < -0.4 is 0 Å². The SMILES string of the molecule is CN(Cc1cnccn1)S(=O)(=O)c1ccc(O)cc1O. The highest BCUT2D eigenvalue weighted by Gasteiger charge is 2.24. The summed E-state index contributed by atoms with van der Waals surface area (Å²) >= 11 is 0. The summed E-state index contributed by atoms with van der Waals surface area (Å²) in [5, 5.41) is 18.8. The summed E-state index contributed by atoms with van der Waals surface area (Å²) in [7, 11) is -2.51. The summed E-state index contributed by atoms with van der Waals surface area (Å²) in [6.07, 6.45) is 4.42. The number of hydrogen-bond donors (Lipinski definition) is 2. The van der Waals surface area contributed by atoms with Crippen LogP contribution in [0.15, 0.2) is 41.7 Å². The molecule has 1 heterocycles. The van der Waals surface area contributed by atoms with Crippen LogP contribution in [0.4, 0.5) is 0 Å². The average molecular weight is 295 g/mol. The Hall–Kier alpha value is -2.19. The lowest BCUT2D eigenvalue weighted by Crippen LogP contribution is -2.27. The van der Waals surface area contributed by atoms with Gasteiger partial charge in [-0.05, 0) is 12.1 Å². The molecule has 2 aromatic rings. The van der Waals surface area contributed by atoms with Crippen LogP contribution in [0.3, 0.4) is 0 Å². The minimum atomic E-state index is -3.88. The number of benzene rings is 1. The van der Waals surface area contributed by atoms with Crippen molar-refractivity contribution in [2.24, 2.45) is 0 Å². The van der Waals surface area contributed by atoms with Gasteiger partial charge in [0.1, 0.15) is 16.4 Å². The number of phenols is 2. The molecule has 20 heavy (non-hydrogen) atoms. The van der Waals surface area contributed by atoms with Gasteiger partial charge in [0.25, 0.3) is 0 Å². The van der Waals surface area contributed by atoms with E-state index in [1.165, 1.54) is 31.7 Å². The molecule has 0 bridgehead atoms. The Kier molecular flexibility index (Phi) is 3.86.